The summed E-state index contributed by atoms with van der Waals surface area (Å²) in [5.74, 6) is 2.04. The van der Waals surface area contributed by atoms with Crippen molar-refractivity contribution < 1.29 is 14.3 Å². The van der Waals surface area contributed by atoms with E-state index in [0.29, 0.717) is 19.0 Å². The van der Waals surface area contributed by atoms with Gasteiger partial charge in [0.25, 0.3) is 0 Å². The normalized spacial score (nSPS) is 14.3. The zero-order chi connectivity index (χ0) is 15.5. The Labute approximate surface area is 128 Å². The SMILES string of the molecule is Cc1c(/C(=N/OC(C)C)n2cncn2)ccc2c1OCCO2. The van der Waals surface area contributed by atoms with Gasteiger partial charge < -0.3 is 14.3 Å². The molecule has 0 aliphatic carbocycles. The molecular formula is C15H18N4O3. The van der Waals surface area contributed by atoms with Gasteiger partial charge in [0.2, 0.25) is 5.84 Å². The highest BCUT2D eigenvalue weighted by molar-refractivity contribution is 6.01. The van der Waals surface area contributed by atoms with Crippen LogP contribution in [0.1, 0.15) is 25.0 Å². The number of hydrogen-bond donors (Lipinski definition) is 0. The number of nitrogens with zero attached hydrogens (tertiary/aromatic N) is 4. The van der Waals surface area contributed by atoms with Crippen molar-refractivity contribution in [2.24, 2.45) is 5.16 Å². The van der Waals surface area contributed by atoms with Gasteiger partial charge in [-0.15, -0.1) is 0 Å². The van der Waals surface area contributed by atoms with Crippen LogP contribution in [0.5, 0.6) is 11.5 Å². The van der Waals surface area contributed by atoms with E-state index in [1.54, 1.807) is 11.0 Å². The monoisotopic (exact) mass is 302 g/mol. The van der Waals surface area contributed by atoms with Crippen LogP contribution in [0.4, 0.5) is 0 Å². The molecule has 0 unspecified atom stereocenters. The second-order valence-corrected chi connectivity index (χ2v) is 5.17. The van der Waals surface area contributed by atoms with Crippen molar-refractivity contribution in [2.45, 2.75) is 26.9 Å². The summed E-state index contributed by atoms with van der Waals surface area (Å²) in [6.07, 6.45) is 3.01. The average Bonchev–Trinajstić information content (AvgIpc) is 3.03. The Morgan fingerprint density at radius 3 is 2.86 bits per heavy atom. The van der Waals surface area contributed by atoms with Gasteiger partial charge in [-0.05, 0) is 32.9 Å². The van der Waals surface area contributed by atoms with Crippen molar-refractivity contribution in [2.75, 3.05) is 13.2 Å². The molecule has 7 nitrogen and oxygen atoms in total. The third kappa shape index (κ3) is 2.74. The average molecular weight is 302 g/mol. The molecule has 1 aliphatic heterocycles. The lowest BCUT2D eigenvalue weighted by Crippen LogP contribution is -2.20. The number of fused-ring (bicyclic) bond motifs is 1. The van der Waals surface area contributed by atoms with Crippen LogP contribution in [-0.2, 0) is 4.84 Å². The number of ether oxygens (including phenoxy) is 2. The number of rotatable bonds is 3. The highest BCUT2D eigenvalue weighted by Crippen LogP contribution is 2.35. The minimum Gasteiger partial charge on any atom is -0.486 e. The first-order chi connectivity index (χ1) is 10.7. The molecule has 3 rings (SSSR count). The second kappa shape index (κ2) is 6.05. The predicted octanol–water partition coefficient (Wildman–Crippen LogP) is 1.99. The van der Waals surface area contributed by atoms with Crippen LogP contribution in [0.2, 0.25) is 0 Å². The van der Waals surface area contributed by atoms with Crippen LogP contribution < -0.4 is 9.47 Å². The van der Waals surface area contributed by atoms with Crippen LogP contribution >= 0.6 is 0 Å². The van der Waals surface area contributed by atoms with E-state index < -0.39 is 0 Å². The van der Waals surface area contributed by atoms with Crippen LogP contribution in [0.25, 0.3) is 0 Å². The van der Waals surface area contributed by atoms with Gasteiger partial charge in [-0.25, -0.2) is 4.98 Å². The van der Waals surface area contributed by atoms with Crippen LogP contribution in [0, 0.1) is 6.92 Å². The zero-order valence-electron chi connectivity index (χ0n) is 12.8. The standard InChI is InChI=1S/C15H18N4O3/c1-10(2)22-18-15(19-9-16-8-17-19)12-4-5-13-14(11(12)3)21-7-6-20-13/h4-5,8-10H,6-7H2,1-3H3/b18-15-. The summed E-state index contributed by atoms with van der Waals surface area (Å²) in [7, 11) is 0. The smallest absolute Gasteiger partial charge is 0.201 e. The maximum atomic E-state index is 5.72. The summed E-state index contributed by atoms with van der Waals surface area (Å²) >= 11 is 0. The van der Waals surface area contributed by atoms with E-state index in [-0.39, 0.29) is 6.10 Å². The molecule has 116 valence electrons. The van der Waals surface area contributed by atoms with Crippen LogP contribution in [-0.4, -0.2) is 39.9 Å². The number of hydrogen-bond acceptors (Lipinski definition) is 6. The molecule has 7 heteroatoms. The van der Waals surface area contributed by atoms with E-state index in [2.05, 4.69) is 15.2 Å². The van der Waals surface area contributed by atoms with Gasteiger partial charge in [-0.1, -0.05) is 5.16 Å². The first-order valence-electron chi connectivity index (χ1n) is 7.15. The van der Waals surface area contributed by atoms with E-state index in [0.717, 1.165) is 22.6 Å². The molecular weight excluding hydrogens is 284 g/mol. The Morgan fingerprint density at radius 2 is 2.14 bits per heavy atom. The lowest BCUT2D eigenvalue weighted by molar-refractivity contribution is 0.0851. The highest BCUT2D eigenvalue weighted by atomic mass is 16.6. The van der Waals surface area contributed by atoms with Gasteiger partial charge in [-0.3, -0.25) is 0 Å². The van der Waals surface area contributed by atoms with Crippen molar-refractivity contribution in [3.05, 3.63) is 35.9 Å². The number of oxime groups is 1. The molecule has 0 fully saturated rings. The third-order valence-corrected chi connectivity index (χ3v) is 3.18. The fourth-order valence-corrected chi connectivity index (χ4v) is 2.18. The summed E-state index contributed by atoms with van der Waals surface area (Å²) in [5, 5.41) is 8.37. The molecule has 1 aromatic carbocycles. The molecule has 1 aliphatic rings. The Hall–Kier alpha value is -2.57. The van der Waals surface area contributed by atoms with Crippen molar-refractivity contribution in [3.63, 3.8) is 0 Å². The second-order valence-electron chi connectivity index (χ2n) is 5.17. The van der Waals surface area contributed by atoms with E-state index in [9.17, 15) is 0 Å². The highest BCUT2D eigenvalue weighted by Gasteiger charge is 2.20. The molecule has 0 amide bonds. The predicted molar refractivity (Wildman–Crippen MR) is 80.3 cm³/mol. The Balaban J connectivity index is 2.07. The number of benzene rings is 1. The molecule has 2 heterocycles. The van der Waals surface area contributed by atoms with Gasteiger partial charge in [0, 0.05) is 11.1 Å². The zero-order valence-corrected chi connectivity index (χ0v) is 12.8. The Morgan fingerprint density at radius 1 is 1.32 bits per heavy atom. The van der Waals surface area contributed by atoms with Gasteiger partial charge in [-0.2, -0.15) is 9.78 Å². The molecule has 22 heavy (non-hydrogen) atoms. The first-order valence-corrected chi connectivity index (χ1v) is 7.15. The fraction of sp³-hybridized carbons (Fsp3) is 0.400. The topological polar surface area (TPSA) is 70.8 Å². The summed E-state index contributed by atoms with van der Waals surface area (Å²) in [6, 6.07) is 3.80. The van der Waals surface area contributed by atoms with E-state index in [1.165, 1.54) is 6.33 Å². The molecule has 0 N–H and O–H groups in total. The number of aromatic nitrogens is 3. The van der Waals surface area contributed by atoms with Crippen molar-refractivity contribution in [3.8, 4) is 11.5 Å². The minimum atomic E-state index is -0.0314. The summed E-state index contributed by atoms with van der Waals surface area (Å²) in [5.41, 5.74) is 1.79. The molecule has 0 atom stereocenters. The van der Waals surface area contributed by atoms with Gasteiger partial charge in [0.05, 0.1) is 0 Å². The minimum absolute atomic E-state index is 0.0314. The lowest BCUT2D eigenvalue weighted by Gasteiger charge is -2.22. The molecule has 0 radical (unpaired) electrons. The summed E-state index contributed by atoms with van der Waals surface area (Å²) < 4.78 is 12.9. The molecule has 0 spiro atoms. The first kappa shape index (κ1) is 14.4. The molecule has 0 saturated carbocycles. The van der Waals surface area contributed by atoms with Crippen molar-refractivity contribution in [1.82, 2.24) is 14.8 Å². The Bertz CT molecular complexity index is 680. The third-order valence-electron chi connectivity index (χ3n) is 3.18. The van der Waals surface area contributed by atoms with E-state index >= 15 is 0 Å². The van der Waals surface area contributed by atoms with Gasteiger partial charge in [0.1, 0.15) is 32.0 Å². The molecule has 2 aromatic rings. The molecule has 0 saturated heterocycles. The van der Waals surface area contributed by atoms with Crippen molar-refractivity contribution in [1.29, 1.82) is 0 Å². The maximum absolute atomic E-state index is 5.72. The van der Waals surface area contributed by atoms with E-state index in [1.807, 2.05) is 32.9 Å². The fourth-order valence-electron chi connectivity index (χ4n) is 2.18. The molecule has 0 bridgehead atoms. The van der Waals surface area contributed by atoms with Crippen LogP contribution in [0.3, 0.4) is 0 Å². The quantitative estimate of drug-likeness (QED) is 0.492. The largest absolute Gasteiger partial charge is 0.486 e. The maximum Gasteiger partial charge on any atom is 0.201 e. The van der Waals surface area contributed by atoms with Crippen molar-refractivity contribution >= 4 is 5.84 Å². The summed E-state index contributed by atoms with van der Waals surface area (Å²) in [4.78, 5) is 9.38. The lowest BCUT2D eigenvalue weighted by atomic mass is 10.1. The molecule has 1 aromatic heterocycles. The van der Waals surface area contributed by atoms with Gasteiger partial charge in [0.15, 0.2) is 11.5 Å². The van der Waals surface area contributed by atoms with Crippen LogP contribution in [0.15, 0.2) is 29.9 Å². The van der Waals surface area contributed by atoms with E-state index in [4.69, 9.17) is 14.3 Å². The van der Waals surface area contributed by atoms with Gasteiger partial charge >= 0.3 is 0 Å². The Kier molecular flexibility index (Phi) is 3.95. The summed E-state index contributed by atoms with van der Waals surface area (Å²) in [6.45, 7) is 6.89.